The van der Waals surface area contributed by atoms with Gasteiger partial charge in [-0.3, -0.25) is 14.0 Å². The van der Waals surface area contributed by atoms with Crippen LogP contribution in [-0.4, -0.2) is 27.0 Å². The van der Waals surface area contributed by atoms with Crippen LogP contribution < -0.4 is 10.9 Å². The number of amides is 1. The van der Waals surface area contributed by atoms with Gasteiger partial charge in [0.25, 0.3) is 11.5 Å². The molecule has 3 rings (SSSR count). The molecule has 0 saturated heterocycles. The summed E-state index contributed by atoms with van der Waals surface area (Å²) in [5.41, 5.74) is 1.62. The van der Waals surface area contributed by atoms with Gasteiger partial charge in [-0.05, 0) is 24.1 Å². The number of rotatable bonds is 4. The summed E-state index contributed by atoms with van der Waals surface area (Å²) < 4.78 is 1.35. The van der Waals surface area contributed by atoms with Gasteiger partial charge in [0.2, 0.25) is 0 Å². The lowest BCUT2D eigenvalue weighted by atomic mass is 10.1. The molecular weight excluding hydrogens is 306 g/mol. The second-order valence-corrected chi connectivity index (χ2v) is 5.48. The van der Waals surface area contributed by atoms with E-state index in [1.165, 1.54) is 10.6 Å². The van der Waals surface area contributed by atoms with Crippen molar-refractivity contribution < 1.29 is 9.90 Å². The van der Waals surface area contributed by atoms with Gasteiger partial charge in [-0.15, -0.1) is 0 Å². The highest BCUT2D eigenvalue weighted by Crippen LogP contribution is 2.12. The standard InChI is InChI=1S/C18H17N3O3/c1-12-6-5-9-21-16(12)19-10-14(18(21)24)17(23)20-15(11-22)13-7-3-2-4-8-13/h2-10,15,22H,11H2,1H3,(H,20,23). The molecule has 6 heteroatoms. The minimum Gasteiger partial charge on any atom is -0.394 e. The number of hydrogen-bond acceptors (Lipinski definition) is 4. The predicted octanol–water partition coefficient (Wildman–Crippen LogP) is 1.47. The Morgan fingerprint density at radius 2 is 2.00 bits per heavy atom. The van der Waals surface area contributed by atoms with Crippen LogP contribution in [0.15, 0.2) is 59.7 Å². The van der Waals surface area contributed by atoms with Gasteiger partial charge in [-0.2, -0.15) is 0 Å². The number of fused-ring (bicyclic) bond motifs is 1. The molecule has 2 aromatic heterocycles. The van der Waals surface area contributed by atoms with Gasteiger partial charge in [-0.25, -0.2) is 4.98 Å². The Hall–Kier alpha value is -2.99. The van der Waals surface area contributed by atoms with E-state index in [9.17, 15) is 14.7 Å². The summed E-state index contributed by atoms with van der Waals surface area (Å²) in [7, 11) is 0. The number of hydrogen-bond donors (Lipinski definition) is 2. The lowest BCUT2D eigenvalue weighted by Crippen LogP contribution is -2.35. The van der Waals surface area contributed by atoms with E-state index < -0.39 is 17.5 Å². The Morgan fingerprint density at radius 3 is 2.71 bits per heavy atom. The van der Waals surface area contributed by atoms with Gasteiger partial charge < -0.3 is 10.4 Å². The van der Waals surface area contributed by atoms with E-state index in [4.69, 9.17) is 0 Å². The normalized spacial score (nSPS) is 12.1. The molecule has 1 atom stereocenters. The Labute approximate surface area is 138 Å². The molecule has 0 fully saturated rings. The minimum atomic E-state index is -0.587. The second kappa shape index (κ2) is 6.64. The van der Waals surface area contributed by atoms with Crippen molar-refractivity contribution in [3.05, 3.63) is 81.9 Å². The molecule has 2 N–H and O–H groups in total. The Bertz CT molecular complexity index is 935. The molecule has 24 heavy (non-hydrogen) atoms. The van der Waals surface area contributed by atoms with Crippen LogP contribution in [0.5, 0.6) is 0 Å². The van der Waals surface area contributed by atoms with Gasteiger partial charge in [0, 0.05) is 12.4 Å². The zero-order valence-electron chi connectivity index (χ0n) is 13.1. The zero-order valence-corrected chi connectivity index (χ0v) is 13.1. The number of nitrogens with one attached hydrogen (secondary N) is 1. The van der Waals surface area contributed by atoms with Crippen LogP contribution >= 0.6 is 0 Å². The van der Waals surface area contributed by atoms with Crippen molar-refractivity contribution in [1.82, 2.24) is 14.7 Å². The number of aliphatic hydroxyl groups excluding tert-OH is 1. The highest BCUT2D eigenvalue weighted by Gasteiger charge is 2.18. The molecule has 2 heterocycles. The van der Waals surface area contributed by atoms with Crippen LogP contribution in [0, 0.1) is 6.92 Å². The molecule has 122 valence electrons. The quantitative estimate of drug-likeness (QED) is 0.761. The van der Waals surface area contributed by atoms with Gasteiger partial charge in [-0.1, -0.05) is 36.4 Å². The van der Waals surface area contributed by atoms with E-state index in [1.54, 1.807) is 24.4 Å². The number of carbonyl (C=O) groups is 1. The predicted molar refractivity (Wildman–Crippen MR) is 89.9 cm³/mol. The molecule has 0 aliphatic rings. The summed E-state index contributed by atoms with van der Waals surface area (Å²) in [5, 5.41) is 12.2. The van der Waals surface area contributed by atoms with E-state index >= 15 is 0 Å². The van der Waals surface area contributed by atoms with Crippen molar-refractivity contribution in [3.8, 4) is 0 Å². The van der Waals surface area contributed by atoms with Crippen LogP contribution in [0.3, 0.4) is 0 Å². The molecular formula is C18H17N3O3. The Morgan fingerprint density at radius 1 is 1.25 bits per heavy atom. The van der Waals surface area contributed by atoms with Crippen molar-refractivity contribution >= 4 is 11.6 Å². The van der Waals surface area contributed by atoms with Gasteiger partial charge in [0.15, 0.2) is 0 Å². The number of aliphatic hydroxyl groups is 1. The van der Waals surface area contributed by atoms with E-state index in [0.717, 1.165) is 11.1 Å². The maximum Gasteiger partial charge on any atom is 0.270 e. The van der Waals surface area contributed by atoms with Gasteiger partial charge in [0.05, 0.1) is 12.6 Å². The molecule has 0 radical (unpaired) electrons. The van der Waals surface area contributed by atoms with E-state index in [1.807, 2.05) is 31.2 Å². The van der Waals surface area contributed by atoms with Crippen LogP contribution in [0.1, 0.15) is 27.5 Å². The van der Waals surface area contributed by atoms with Crippen LogP contribution in [0.2, 0.25) is 0 Å². The topological polar surface area (TPSA) is 83.7 Å². The van der Waals surface area contributed by atoms with Crippen LogP contribution in [0.25, 0.3) is 5.65 Å². The zero-order chi connectivity index (χ0) is 17.1. The third kappa shape index (κ3) is 2.91. The summed E-state index contributed by atoms with van der Waals surface area (Å²) >= 11 is 0. The second-order valence-electron chi connectivity index (χ2n) is 5.48. The van der Waals surface area contributed by atoms with Crippen LogP contribution in [0.4, 0.5) is 0 Å². The molecule has 0 aliphatic carbocycles. The monoisotopic (exact) mass is 323 g/mol. The lowest BCUT2D eigenvalue weighted by Gasteiger charge is -2.16. The maximum atomic E-state index is 12.5. The third-order valence-corrected chi connectivity index (χ3v) is 3.86. The average Bonchev–Trinajstić information content (AvgIpc) is 2.61. The first-order chi connectivity index (χ1) is 11.6. The molecule has 0 spiro atoms. The molecule has 3 aromatic rings. The molecule has 1 unspecified atom stereocenters. The van der Waals surface area contributed by atoms with E-state index in [2.05, 4.69) is 10.3 Å². The fourth-order valence-corrected chi connectivity index (χ4v) is 2.56. The summed E-state index contributed by atoms with van der Waals surface area (Å²) in [6.45, 7) is 1.58. The van der Waals surface area contributed by atoms with E-state index in [-0.39, 0.29) is 12.2 Å². The Balaban J connectivity index is 1.94. The van der Waals surface area contributed by atoms with Crippen LogP contribution in [-0.2, 0) is 0 Å². The number of aryl methyl sites for hydroxylation is 1. The van der Waals surface area contributed by atoms with Gasteiger partial charge >= 0.3 is 0 Å². The van der Waals surface area contributed by atoms with Crippen molar-refractivity contribution in [2.24, 2.45) is 0 Å². The fourth-order valence-electron chi connectivity index (χ4n) is 2.56. The third-order valence-electron chi connectivity index (χ3n) is 3.86. The first-order valence-electron chi connectivity index (χ1n) is 7.55. The SMILES string of the molecule is Cc1cccn2c(=O)c(C(=O)NC(CO)c3ccccc3)cnc12. The highest BCUT2D eigenvalue weighted by molar-refractivity contribution is 5.94. The minimum absolute atomic E-state index is 0.0625. The smallest absolute Gasteiger partial charge is 0.270 e. The van der Waals surface area contributed by atoms with Gasteiger partial charge in [0.1, 0.15) is 11.2 Å². The van der Waals surface area contributed by atoms with E-state index in [0.29, 0.717) is 5.65 Å². The molecule has 0 aliphatic heterocycles. The van der Waals surface area contributed by atoms with Crippen molar-refractivity contribution in [3.63, 3.8) is 0 Å². The molecule has 6 nitrogen and oxygen atoms in total. The molecule has 1 aromatic carbocycles. The summed E-state index contributed by atoms with van der Waals surface area (Å²) in [5.74, 6) is -0.564. The van der Waals surface area contributed by atoms with Crippen molar-refractivity contribution in [2.45, 2.75) is 13.0 Å². The summed E-state index contributed by atoms with van der Waals surface area (Å²) in [6, 6.07) is 12.1. The number of nitrogens with zero attached hydrogens (tertiary/aromatic N) is 2. The molecule has 1 amide bonds. The summed E-state index contributed by atoms with van der Waals surface area (Å²) in [6.07, 6.45) is 2.86. The fraction of sp³-hybridized carbons (Fsp3) is 0.167. The molecule has 0 saturated carbocycles. The largest absolute Gasteiger partial charge is 0.394 e. The average molecular weight is 323 g/mol. The van der Waals surface area contributed by atoms with Crippen molar-refractivity contribution in [1.29, 1.82) is 0 Å². The Kier molecular flexibility index (Phi) is 4.39. The number of benzene rings is 1. The highest BCUT2D eigenvalue weighted by atomic mass is 16.3. The first kappa shape index (κ1) is 15.9. The lowest BCUT2D eigenvalue weighted by molar-refractivity contribution is 0.0914. The first-order valence-corrected chi connectivity index (χ1v) is 7.55. The number of aromatic nitrogens is 2. The maximum absolute atomic E-state index is 12.5. The number of pyridine rings is 1. The molecule has 0 bridgehead atoms. The summed E-state index contributed by atoms with van der Waals surface area (Å²) in [4.78, 5) is 29.2. The van der Waals surface area contributed by atoms with Crippen molar-refractivity contribution in [2.75, 3.05) is 6.61 Å². The number of carbonyl (C=O) groups excluding carboxylic acids is 1.